The molecule has 1 atom stereocenters. The molecule has 0 radical (unpaired) electrons. The summed E-state index contributed by atoms with van der Waals surface area (Å²) in [7, 11) is 0. The van der Waals surface area contributed by atoms with Crippen molar-refractivity contribution in [3.8, 4) is 11.5 Å². The third kappa shape index (κ3) is 3.07. The quantitative estimate of drug-likeness (QED) is 0.683. The first-order valence-electron chi connectivity index (χ1n) is 7.77. The molecule has 1 aliphatic rings. The van der Waals surface area contributed by atoms with Crippen molar-refractivity contribution in [1.29, 1.82) is 0 Å². The zero-order chi connectivity index (χ0) is 15.6. The van der Waals surface area contributed by atoms with Crippen LogP contribution in [0.1, 0.15) is 29.5 Å². The third-order valence-corrected chi connectivity index (χ3v) is 5.20. The highest BCUT2D eigenvalue weighted by atomic mass is 32.1. The van der Waals surface area contributed by atoms with Crippen LogP contribution in [0.3, 0.4) is 0 Å². The van der Waals surface area contributed by atoms with E-state index in [4.69, 9.17) is 4.42 Å². The van der Waals surface area contributed by atoms with Gasteiger partial charge in [0.15, 0.2) is 0 Å². The molecule has 23 heavy (non-hydrogen) atoms. The fraction of sp³-hybridized carbons (Fsp3) is 0.278. The molecule has 3 heterocycles. The molecule has 3 aromatic rings. The monoisotopic (exact) mass is 328 g/mol. The van der Waals surface area contributed by atoms with E-state index in [1.165, 1.54) is 29.9 Å². The summed E-state index contributed by atoms with van der Waals surface area (Å²) in [5.41, 5.74) is 1.57. The molecule has 0 saturated carbocycles. The number of aromatic nitrogens is 1. The van der Waals surface area contributed by atoms with Gasteiger partial charge >= 0.3 is 0 Å². The molecule has 3 nitrogen and oxygen atoms in total. The molecule has 1 aliphatic heterocycles. The Morgan fingerprint density at radius 1 is 1.30 bits per heavy atom. The molecule has 0 N–H and O–H groups in total. The van der Waals surface area contributed by atoms with Gasteiger partial charge < -0.3 is 4.42 Å². The fourth-order valence-corrected chi connectivity index (χ4v) is 4.06. The standard InChI is InChI=1S/C18H17FN2OS/c19-14-5-1-4-13(10-14)18-20-15(12-22-18)11-21-8-2-6-16(21)17-7-3-9-23-17/h1,3-5,7,9-10,12,16H,2,6,8,11H2/t16-/m0/s1. The van der Waals surface area contributed by atoms with Gasteiger partial charge in [0, 0.05) is 23.0 Å². The van der Waals surface area contributed by atoms with Crippen LogP contribution in [0.15, 0.2) is 52.5 Å². The summed E-state index contributed by atoms with van der Waals surface area (Å²) >= 11 is 1.81. The first-order chi connectivity index (χ1) is 11.3. The van der Waals surface area contributed by atoms with Crippen LogP contribution in [0.4, 0.5) is 4.39 Å². The molecular formula is C18H17FN2OS. The minimum atomic E-state index is -0.278. The highest BCUT2D eigenvalue weighted by Crippen LogP contribution is 2.35. The number of likely N-dealkylation sites (tertiary alicyclic amines) is 1. The van der Waals surface area contributed by atoms with E-state index < -0.39 is 0 Å². The zero-order valence-corrected chi connectivity index (χ0v) is 13.4. The summed E-state index contributed by atoms with van der Waals surface area (Å²) in [6, 6.07) is 11.1. The van der Waals surface area contributed by atoms with Crippen molar-refractivity contribution in [3.63, 3.8) is 0 Å². The summed E-state index contributed by atoms with van der Waals surface area (Å²) in [4.78, 5) is 8.39. The summed E-state index contributed by atoms with van der Waals surface area (Å²) < 4.78 is 18.9. The molecule has 5 heteroatoms. The van der Waals surface area contributed by atoms with Gasteiger partial charge in [-0.1, -0.05) is 12.1 Å². The maximum Gasteiger partial charge on any atom is 0.226 e. The van der Waals surface area contributed by atoms with Crippen molar-refractivity contribution in [1.82, 2.24) is 9.88 Å². The van der Waals surface area contributed by atoms with E-state index in [1.54, 1.807) is 12.3 Å². The van der Waals surface area contributed by atoms with Gasteiger partial charge in [0.2, 0.25) is 5.89 Å². The Balaban J connectivity index is 1.51. The van der Waals surface area contributed by atoms with Crippen molar-refractivity contribution in [3.05, 3.63) is 64.4 Å². The summed E-state index contributed by atoms with van der Waals surface area (Å²) in [5, 5.41) is 2.13. The summed E-state index contributed by atoms with van der Waals surface area (Å²) in [5.74, 6) is 0.200. The maximum atomic E-state index is 13.3. The maximum absolute atomic E-state index is 13.3. The van der Waals surface area contributed by atoms with Crippen LogP contribution in [0.25, 0.3) is 11.5 Å². The van der Waals surface area contributed by atoms with Crippen LogP contribution in [0, 0.1) is 5.82 Å². The van der Waals surface area contributed by atoms with Crippen molar-refractivity contribution in [2.45, 2.75) is 25.4 Å². The predicted octanol–water partition coefficient (Wildman–Crippen LogP) is 4.88. The number of halogens is 1. The minimum Gasteiger partial charge on any atom is -0.444 e. The molecule has 0 bridgehead atoms. The molecule has 0 unspecified atom stereocenters. The first-order valence-corrected chi connectivity index (χ1v) is 8.65. The normalized spacial score (nSPS) is 18.6. The largest absolute Gasteiger partial charge is 0.444 e. The molecule has 2 aromatic heterocycles. The highest BCUT2D eigenvalue weighted by Gasteiger charge is 2.27. The van der Waals surface area contributed by atoms with Crippen molar-refractivity contribution < 1.29 is 8.81 Å². The number of hydrogen-bond donors (Lipinski definition) is 0. The molecule has 1 aromatic carbocycles. The lowest BCUT2D eigenvalue weighted by Gasteiger charge is -2.22. The van der Waals surface area contributed by atoms with Crippen LogP contribution >= 0.6 is 11.3 Å². The van der Waals surface area contributed by atoms with Crippen LogP contribution in [0.5, 0.6) is 0 Å². The van der Waals surface area contributed by atoms with E-state index in [-0.39, 0.29) is 5.82 Å². The van der Waals surface area contributed by atoms with Crippen molar-refractivity contribution in [2.24, 2.45) is 0 Å². The van der Waals surface area contributed by atoms with Gasteiger partial charge in [0.1, 0.15) is 12.1 Å². The van der Waals surface area contributed by atoms with Crippen LogP contribution in [0.2, 0.25) is 0 Å². The summed E-state index contributed by atoms with van der Waals surface area (Å²) in [6.45, 7) is 1.84. The van der Waals surface area contributed by atoms with Gasteiger partial charge in [-0.3, -0.25) is 4.90 Å². The van der Waals surface area contributed by atoms with Gasteiger partial charge in [0.05, 0.1) is 5.69 Å². The minimum absolute atomic E-state index is 0.278. The van der Waals surface area contributed by atoms with E-state index in [1.807, 2.05) is 17.4 Å². The van der Waals surface area contributed by atoms with E-state index in [0.717, 1.165) is 18.8 Å². The van der Waals surface area contributed by atoms with E-state index >= 15 is 0 Å². The molecule has 0 amide bonds. The smallest absolute Gasteiger partial charge is 0.226 e. The zero-order valence-electron chi connectivity index (χ0n) is 12.6. The Hall–Kier alpha value is -1.98. The second-order valence-electron chi connectivity index (χ2n) is 5.80. The Morgan fingerprint density at radius 3 is 3.09 bits per heavy atom. The Bertz CT molecular complexity index is 784. The van der Waals surface area contributed by atoms with Gasteiger partial charge in [-0.2, -0.15) is 0 Å². The van der Waals surface area contributed by atoms with Gasteiger partial charge in [0.25, 0.3) is 0 Å². The molecule has 1 fully saturated rings. The Labute approximate surface area is 138 Å². The van der Waals surface area contributed by atoms with Crippen LogP contribution < -0.4 is 0 Å². The van der Waals surface area contributed by atoms with Gasteiger partial charge in [-0.05, 0) is 49.0 Å². The molecular weight excluding hydrogens is 311 g/mol. The average molecular weight is 328 g/mol. The molecule has 1 saturated heterocycles. The lowest BCUT2D eigenvalue weighted by molar-refractivity contribution is 0.248. The highest BCUT2D eigenvalue weighted by molar-refractivity contribution is 7.10. The number of nitrogens with zero attached hydrogens (tertiary/aromatic N) is 2. The molecule has 4 rings (SSSR count). The lowest BCUT2D eigenvalue weighted by atomic mass is 10.2. The third-order valence-electron chi connectivity index (χ3n) is 4.22. The van der Waals surface area contributed by atoms with Crippen molar-refractivity contribution in [2.75, 3.05) is 6.54 Å². The predicted molar refractivity (Wildman–Crippen MR) is 88.6 cm³/mol. The Kier molecular flexibility index (Phi) is 3.97. The topological polar surface area (TPSA) is 29.3 Å². The first kappa shape index (κ1) is 14.6. The lowest BCUT2D eigenvalue weighted by Crippen LogP contribution is -2.22. The number of rotatable bonds is 4. The average Bonchev–Trinajstić information content (AvgIpc) is 3.29. The van der Waals surface area contributed by atoms with Gasteiger partial charge in [-0.25, -0.2) is 9.37 Å². The SMILES string of the molecule is Fc1cccc(-c2nc(CN3CCC[C@H]3c3cccs3)co2)c1. The van der Waals surface area contributed by atoms with Crippen LogP contribution in [-0.2, 0) is 6.54 Å². The van der Waals surface area contributed by atoms with E-state index in [9.17, 15) is 4.39 Å². The number of thiophene rings is 1. The number of hydrogen-bond acceptors (Lipinski definition) is 4. The second-order valence-corrected chi connectivity index (χ2v) is 6.78. The van der Waals surface area contributed by atoms with Crippen LogP contribution in [-0.4, -0.2) is 16.4 Å². The number of benzene rings is 1. The molecule has 118 valence electrons. The number of oxazole rings is 1. The second kappa shape index (κ2) is 6.26. The van der Waals surface area contributed by atoms with Gasteiger partial charge in [-0.15, -0.1) is 11.3 Å². The van der Waals surface area contributed by atoms with Crippen molar-refractivity contribution >= 4 is 11.3 Å². The van der Waals surface area contributed by atoms with E-state index in [0.29, 0.717) is 17.5 Å². The molecule has 0 aliphatic carbocycles. The summed E-state index contributed by atoms with van der Waals surface area (Å²) in [6.07, 6.45) is 4.08. The fourth-order valence-electron chi connectivity index (χ4n) is 3.16. The van der Waals surface area contributed by atoms with E-state index in [2.05, 4.69) is 27.4 Å². The molecule has 0 spiro atoms. The Morgan fingerprint density at radius 2 is 2.26 bits per heavy atom.